The van der Waals surface area contributed by atoms with E-state index in [1.807, 2.05) is 0 Å². The van der Waals surface area contributed by atoms with Crippen LogP contribution in [-0.4, -0.2) is 32.4 Å². The monoisotopic (exact) mass is 314 g/mol. The molecular formula is C17H34O3Si. The highest BCUT2D eigenvalue weighted by molar-refractivity contribution is 6.74. The van der Waals surface area contributed by atoms with Gasteiger partial charge in [0.05, 0.1) is 12.2 Å². The standard InChI is InChI=1S/C17H34O3Si/c1-13(18)11-9-8-10-12-15(16-14(2)19-16)20-21(6,7)17(3,4)5/h14-16H,8-12H2,1-7H3/t14-,15-,16+/m1/s1. The summed E-state index contributed by atoms with van der Waals surface area (Å²) in [5.74, 6) is 0.295. The van der Waals surface area contributed by atoms with Gasteiger partial charge in [0.1, 0.15) is 11.9 Å². The first kappa shape index (κ1) is 18.9. The van der Waals surface area contributed by atoms with Crippen molar-refractivity contribution in [2.24, 2.45) is 0 Å². The van der Waals surface area contributed by atoms with Gasteiger partial charge in [-0.05, 0) is 44.8 Å². The second-order valence-corrected chi connectivity index (χ2v) is 12.8. The molecule has 1 aliphatic rings. The van der Waals surface area contributed by atoms with E-state index < -0.39 is 8.32 Å². The van der Waals surface area contributed by atoms with Crippen LogP contribution in [0.2, 0.25) is 18.1 Å². The number of Topliss-reactive ketones (excluding diaryl/α,β-unsaturated/α-hetero) is 1. The number of carbonyl (C=O) groups excluding carboxylic acids is 1. The van der Waals surface area contributed by atoms with Crippen LogP contribution in [0.4, 0.5) is 0 Å². The predicted molar refractivity (Wildman–Crippen MR) is 90.2 cm³/mol. The van der Waals surface area contributed by atoms with Crippen molar-refractivity contribution >= 4 is 14.1 Å². The minimum absolute atomic E-state index is 0.234. The minimum atomic E-state index is -1.74. The molecule has 3 nitrogen and oxygen atoms in total. The molecule has 1 aliphatic heterocycles. The average Bonchev–Trinajstić information content (AvgIpc) is 3.02. The van der Waals surface area contributed by atoms with Crippen molar-refractivity contribution < 1.29 is 14.0 Å². The van der Waals surface area contributed by atoms with Gasteiger partial charge in [0.2, 0.25) is 0 Å². The van der Waals surface area contributed by atoms with Gasteiger partial charge in [-0.3, -0.25) is 0 Å². The summed E-state index contributed by atoms with van der Waals surface area (Å²) in [4.78, 5) is 11.0. The summed E-state index contributed by atoms with van der Waals surface area (Å²) < 4.78 is 12.2. The summed E-state index contributed by atoms with van der Waals surface area (Å²) in [7, 11) is -1.74. The molecule has 0 radical (unpaired) electrons. The van der Waals surface area contributed by atoms with E-state index in [2.05, 4.69) is 40.8 Å². The Labute approximate surface area is 131 Å². The summed E-state index contributed by atoms with van der Waals surface area (Å²) in [6.07, 6.45) is 5.87. The SMILES string of the molecule is CC(=O)CCCCC[C@@H](O[Si](C)(C)C(C)(C)C)[C@H]1O[C@@H]1C. The van der Waals surface area contributed by atoms with Crippen LogP contribution in [0.5, 0.6) is 0 Å². The molecule has 21 heavy (non-hydrogen) atoms. The maximum atomic E-state index is 11.0. The number of ketones is 1. The van der Waals surface area contributed by atoms with E-state index >= 15 is 0 Å². The third kappa shape index (κ3) is 6.21. The maximum absolute atomic E-state index is 11.0. The lowest BCUT2D eigenvalue weighted by Gasteiger charge is -2.39. The normalized spacial score (nSPS) is 24.0. The summed E-state index contributed by atoms with van der Waals surface area (Å²) in [5.41, 5.74) is 0. The number of ether oxygens (including phenoxy) is 1. The van der Waals surface area contributed by atoms with Crippen molar-refractivity contribution in [1.29, 1.82) is 0 Å². The van der Waals surface area contributed by atoms with E-state index in [9.17, 15) is 4.79 Å². The first-order valence-electron chi connectivity index (χ1n) is 8.37. The molecule has 0 aliphatic carbocycles. The van der Waals surface area contributed by atoms with Gasteiger partial charge in [0, 0.05) is 6.42 Å². The summed E-state index contributed by atoms with van der Waals surface area (Å²) in [6.45, 7) is 15.2. The van der Waals surface area contributed by atoms with Gasteiger partial charge in [-0.2, -0.15) is 0 Å². The highest BCUT2D eigenvalue weighted by Crippen LogP contribution is 2.40. The van der Waals surface area contributed by atoms with Crippen LogP contribution in [0.15, 0.2) is 0 Å². The van der Waals surface area contributed by atoms with Gasteiger partial charge in [-0.15, -0.1) is 0 Å². The highest BCUT2D eigenvalue weighted by Gasteiger charge is 2.47. The Morgan fingerprint density at radius 2 is 1.81 bits per heavy atom. The number of hydrogen-bond acceptors (Lipinski definition) is 3. The highest BCUT2D eigenvalue weighted by atomic mass is 28.4. The van der Waals surface area contributed by atoms with Crippen LogP contribution in [0.1, 0.15) is 66.7 Å². The van der Waals surface area contributed by atoms with Crippen LogP contribution < -0.4 is 0 Å². The lowest BCUT2D eigenvalue weighted by molar-refractivity contribution is -0.117. The van der Waals surface area contributed by atoms with Gasteiger partial charge < -0.3 is 14.0 Å². The van der Waals surface area contributed by atoms with Crippen molar-refractivity contribution in [3.63, 3.8) is 0 Å². The van der Waals surface area contributed by atoms with Crippen LogP contribution in [0, 0.1) is 0 Å². The van der Waals surface area contributed by atoms with Crippen molar-refractivity contribution in [2.45, 2.75) is 103 Å². The molecule has 0 spiro atoms. The van der Waals surface area contributed by atoms with E-state index in [1.54, 1.807) is 6.92 Å². The maximum Gasteiger partial charge on any atom is 0.192 e. The van der Waals surface area contributed by atoms with Gasteiger partial charge in [0.25, 0.3) is 0 Å². The van der Waals surface area contributed by atoms with Crippen LogP contribution in [0.25, 0.3) is 0 Å². The summed E-state index contributed by atoms with van der Waals surface area (Å²) >= 11 is 0. The van der Waals surface area contributed by atoms with Gasteiger partial charge in [-0.25, -0.2) is 0 Å². The molecule has 0 aromatic carbocycles. The smallest absolute Gasteiger partial charge is 0.192 e. The molecule has 0 amide bonds. The van der Waals surface area contributed by atoms with E-state index in [4.69, 9.17) is 9.16 Å². The molecule has 0 N–H and O–H groups in total. The molecule has 0 bridgehead atoms. The van der Waals surface area contributed by atoms with E-state index in [1.165, 1.54) is 0 Å². The second-order valence-electron chi connectivity index (χ2n) is 8.02. The lowest BCUT2D eigenvalue weighted by Crippen LogP contribution is -2.45. The quantitative estimate of drug-likeness (QED) is 0.352. The molecule has 4 heteroatoms. The Morgan fingerprint density at radius 1 is 1.24 bits per heavy atom. The Hall–Kier alpha value is -0.193. The number of hydrogen-bond donors (Lipinski definition) is 0. The fourth-order valence-corrected chi connectivity index (χ4v) is 3.70. The number of carbonyl (C=O) groups is 1. The minimum Gasteiger partial charge on any atom is -0.411 e. The van der Waals surface area contributed by atoms with E-state index in [-0.39, 0.29) is 17.2 Å². The zero-order valence-electron chi connectivity index (χ0n) is 15.0. The first-order chi connectivity index (χ1) is 9.54. The van der Waals surface area contributed by atoms with Crippen molar-refractivity contribution in [3.8, 4) is 0 Å². The van der Waals surface area contributed by atoms with E-state index in [0.29, 0.717) is 18.3 Å². The lowest BCUT2D eigenvalue weighted by atomic mass is 10.1. The summed E-state index contributed by atoms with van der Waals surface area (Å²) in [5, 5.41) is 0.234. The fourth-order valence-electron chi connectivity index (χ4n) is 2.33. The first-order valence-corrected chi connectivity index (χ1v) is 11.3. The topological polar surface area (TPSA) is 38.8 Å². The second kappa shape index (κ2) is 7.38. The van der Waals surface area contributed by atoms with Crippen molar-refractivity contribution in [1.82, 2.24) is 0 Å². The molecule has 1 rings (SSSR count). The van der Waals surface area contributed by atoms with Gasteiger partial charge in [-0.1, -0.05) is 33.6 Å². The molecule has 3 atom stereocenters. The zero-order valence-corrected chi connectivity index (χ0v) is 16.0. The van der Waals surface area contributed by atoms with E-state index in [0.717, 1.165) is 25.7 Å². The zero-order chi connectivity index (χ0) is 16.3. The largest absolute Gasteiger partial charge is 0.411 e. The Kier molecular flexibility index (Phi) is 6.63. The third-order valence-electron chi connectivity index (χ3n) is 4.89. The Morgan fingerprint density at radius 3 is 2.24 bits per heavy atom. The molecule has 1 heterocycles. The van der Waals surface area contributed by atoms with Gasteiger partial charge in [0.15, 0.2) is 8.32 Å². The number of epoxide rings is 1. The summed E-state index contributed by atoms with van der Waals surface area (Å²) in [6, 6.07) is 0. The average molecular weight is 315 g/mol. The predicted octanol–water partition coefficient (Wildman–Crippen LogP) is 4.70. The van der Waals surface area contributed by atoms with Crippen molar-refractivity contribution in [2.75, 3.05) is 0 Å². The Bertz CT molecular complexity index is 346. The molecule has 0 aromatic rings. The number of unbranched alkanes of at least 4 members (excludes halogenated alkanes) is 2. The molecule has 0 saturated carbocycles. The van der Waals surface area contributed by atoms with Crippen molar-refractivity contribution in [3.05, 3.63) is 0 Å². The molecular weight excluding hydrogens is 280 g/mol. The third-order valence-corrected chi connectivity index (χ3v) is 9.40. The van der Waals surface area contributed by atoms with Gasteiger partial charge >= 0.3 is 0 Å². The van der Waals surface area contributed by atoms with Crippen LogP contribution >= 0.6 is 0 Å². The molecule has 1 saturated heterocycles. The Balaban J connectivity index is 2.44. The molecule has 1 fully saturated rings. The fraction of sp³-hybridized carbons (Fsp3) is 0.941. The van der Waals surface area contributed by atoms with Crippen LogP contribution in [-0.2, 0) is 14.0 Å². The number of rotatable bonds is 9. The van der Waals surface area contributed by atoms with Crippen LogP contribution in [0.3, 0.4) is 0 Å². The molecule has 0 unspecified atom stereocenters. The molecule has 0 aromatic heterocycles. The molecule has 124 valence electrons.